The standard InChI is InChI=1S/C19H18Cl2FNO2/c1-18(25)8-9-19(22,14-3-2-10-23-17(14)18)16(24)7-5-12-4-6-13(20)11-15(12)21/h2-4,6,10-11,25H,5,7-9H2,1H3/t18-,19-/m0/s1. The lowest BCUT2D eigenvalue weighted by molar-refractivity contribution is -0.134. The molecule has 3 rings (SSSR count). The van der Waals surface area contributed by atoms with E-state index >= 15 is 4.39 Å². The minimum absolute atomic E-state index is 0.00826. The summed E-state index contributed by atoms with van der Waals surface area (Å²) in [5.41, 5.74) is -2.21. The molecule has 25 heavy (non-hydrogen) atoms. The Bertz CT molecular complexity index is 825. The quantitative estimate of drug-likeness (QED) is 0.830. The number of ketones is 1. The van der Waals surface area contributed by atoms with Crippen LogP contribution in [0.3, 0.4) is 0 Å². The van der Waals surface area contributed by atoms with Gasteiger partial charge >= 0.3 is 0 Å². The molecule has 1 N–H and O–H groups in total. The van der Waals surface area contributed by atoms with E-state index in [2.05, 4.69) is 4.98 Å². The second-order valence-corrected chi connectivity index (χ2v) is 7.48. The van der Waals surface area contributed by atoms with Crippen LogP contribution in [0.1, 0.15) is 43.0 Å². The van der Waals surface area contributed by atoms with Crippen LogP contribution < -0.4 is 0 Å². The van der Waals surface area contributed by atoms with Crippen molar-refractivity contribution in [2.75, 3.05) is 0 Å². The first kappa shape index (κ1) is 18.3. The zero-order chi connectivity index (χ0) is 18.2. The van der Waals surface area contributed by atoms with Crippen LogP contribution in [0, 0.1) is 0 Å². The Morgan fingerprint density at radius 1 is 1.32 bits per heavy atom. The van der Waals surface area contributed by atoms with Crippen LogP contribution in [0.15, 0.2) is 36.5 Å². The van der Waals surface area contributed by atoms with E-state index in [1.807, 2.05) is 0 Å². The molecular weight excluding hydrogens is 364 g/mol. The smallest absolute Gasteiger partial charge is 0.195 e. The zero-order valence-electron chi connectivity index (χ0n) is 13.7. The van der Waals surface area contributed by atoms with Gasteiger partial charge in [0, 0.05) is 28.2 Å². The number of alkyl halides is 1. The van der Waals surface area contributed by atoms with Gasteiger partial charge in [-0.1, -0.05) is 35.3 Å². The molecule has 0 saturated carbocycles. The molecule has 0 amide bonds. The van der Waals surface area contributed by atoms with Crippen molar-refractivity contribution in [3.05, 3.63) is 63.4 Å². The minimum Gasteiger partial charge on any atom is -0.384 e. The van der Waals surface area contributed by atoms with Crippen molar-refractivity contribution in [3.63, 3.8) is 0 Å². The number of benzene rings is 1. The van der Waals surface area contributed by atoms with Gasteiger partial charge in [-0.3, -0.25) is 9.78 Å². The van der Waals surface area contributed by atoms with E-state index in [-0.39, 0.29) is 30.5 Å². The number of halogens is 3. The summed E-state index contributed by atoms with van der Waals surface area (Å²) in [6.07, 6.45) is 1.91. The average Bonchev–Trinajstić information content (AvgIpc) is 2.58. The number of aromatic nitrogens is 1. The number of fused-ring (bicyclic) bond motifs is 1. The Morgan fingerprint density at radius 2 is 2.08 bits per heavy atom. The van der Waals surface area contributed by atoms with Gasteiger partial charge in [-0.15, -0.1) is 0 Å². The SMILES string of the molecule is C[C@]1(O)CC[C@@](F)(C(=O)CCc2ccc(Cl)cc2Cl)c2cccnc21. The minimum atomic E-state index is -2.13. The molecule has 6 heteroatoms. The molecule has 1 heterocycles. The summed E-state index contributed by atoms with van der Waals surface area (Å²) < 4.78 is 15.6. The lowest BCUT2D eigenvalue weighted by Gasteiger charge is -2.37. The number of rotatable bonds is 4. The van der Waals surface area contributed by atoms with E-state index in [1.165, 1.54) is 12.3 Å². The Morgan fingerprint density at radius 3 is 2.80 bits per heavy atom. The van der Waals surface area contributed by atoms with Crippen molar-refractivity contribution in [1.82, 2.24) is 4.98 Å². The molecule has 0 unspecified atom stereocenters. The van der Waals surface area contributed by atoms with Gasteiger partial charge in [0.15, 0.2) is 11.5 Å². The molecule has 1 aromatic heterocycles. The highest BCUT2D eigenvalue weighted by Crippen LogP contribution is 2.46. The number of aliphatic hydroxyl groups is 1. The van der Waals surface area contributed by atoms with Gasteiger partial charge in [0.05, 0.1) is 5.69 Å². The highest BCUT2D eigenvalue weighted by molar-refractivity contribution is 6.35. The average molecular weight is 382 g/mol. The third-order valence-corrected chi connectivity index (χ3v) is 5.37. The first-order valence-corrected chi connectivity index (χ1v) is 8.84. The van der Waals surface area contributed by atoms with Crippen LogP contribution >= 0.6 is 23.2 Å². The van der Waals surface area contributed by atoms with Crippen molar-refractivity contribution in [2.45, 2.75) is 43.9 Å². The van der Waals surface area contributed by atoms with E-state index in [4.69, 9.17) is 23.2 Å². The fourth-order valence-electron chi connectivity index (χ4n) is 3.28. The lowest BCUT2D eigenvalue weighted by Crippen LogP contribution is -2.42. The lowest BCUT2D eigenvalue weighted by atomic mass is 9.73. The molecule has 1 aromatic carbocycles. The molecule has 0 fully saturated rings. The number of carbonyl (C=O) groups excluding carboxylic acids is 1. The molecule has 1 aliphatic rings. The number of hydrogen-bond acceptors (Lipinski definition) is 3. The highest BCUT2D eigenvalue weighted by atomic mass is 35.5. The van der Waals surface area contributed by atoms with Gasteiger partial charge in [0.25, 0.3) is 0 Å². The summed E-state index contributed by atoms with van der Waals surface area (Å²) in [5.74, 6) is -0.525. The molecule has 3 nitrogen and oxygen atoms in total. The third-order valence-electron chi connectivity index (χ3n) is 4.78. The Balaban J connectivity index is 1.84. The number of Topliss-reactive ketones (excluding diaryl/α,β-unsaturated/α-hetero) is 1. The van der Waals surface area contributed by atoms with Crippen molar-refractivity contribution in [1.29, 1.82) is 0 Å². The monoisotopic (exact) mass is 381 g/mol. The first-order valence-electron chi connectivity index (χ1n) is 8.08. The topological polar surface area (TPSA) is 50.2 Å². The fourth-order valence-corrected chi connectivity index (χ4v) is 3.79. The fraction of sp³-hybridized carbons (Fsp3) is 0.368. The maximum atomic E-state index is 15.6. The third kappa shape index (κ3) is 3.43. The van der Waals surface area contributed by atoms with Crippen LogP contribution in [0.25, 0.3) is 0 Å². The van der Waals surface area contributed by atoms with Crippen LogP contribution in [0.4, 0.5) is 4.39 Å². The van der Waals surface area contributed by atoms with Crippen molar-refractivity contribution in [3.8, 4) is 0 Å². The molecule has 1 aliphatic carbocycles. The van der Waals surface area contributed by atoms with E-state index < -0.39 is 17.1 Å². The summed E-state index contributed by atoms with van der Waals surface area (Å²) >= 11 is 12.0. The van der Waals surface area contributed by atoms with E-state index in [0.29, 0.717) is 16.5 Å². The summed E-state index contributed by atoms with van der Waals surface area (Å²) in [6, 6.07) is 8.14. The van der Waals surface area contributed by atoms with Crippen molar-refractivity contribution >= 4 is 29.0 Å². The molecule has 2 aromatic rings. The number of hydrogen-bond donors (Lipinski definition) is 1. The summed E-state index contributed by atoms with van der Waals surface area (Å²) in [7, 11) is 0. The molecule has 0 aliphatic heterocycles. The largest absolute Gasteiger partial charge is 0.384 e. The number of carbonyl (C=O) groups is 1. The van der Waals surface area contributed by atoms with Gasteiger partial charge in [0.2, 0.25) is 0 Å². The normalized spacial score (nSPS) is 25.5. The number of nitrogens with zero attached hydrogens (tertiary/aromatic N) is 1. The molecule has 0 saturated heterocycles. The van der Waals surface area contributed by atoms with Gasteiger partial charge in [-0.25, -0.2) is 4.39 Å². The predicted molar refractivity (Wildman–Crippen MR) is 95.6 cm³/mol. The Kier molecular flexibility index (Phi) is 4.89. The van der Waals surface area contributed by atoms with Crippen LogP contribution in [-0.2, 0) is 22.5 Å². The molecule has 0 spiro atoms. The van der Waals surface area contributed by atoms with E-state index in [9.17, 15) is 9.90 Å². The second-order valence-electron chi connectivity index (χ2n) is 6.63. The van der Waals surface area contributed by atoms with Crippen molar-refractivity contribution in [2.24, 2.45) is 0 Å². The predicted octanol–water partition coefficient (Wildman–Crippen LogP) is 4.76. The number of pyridine rings is 1. The molecule has 0 radical (unpaired) electrons. The Hall–Kier alpha value is -1.49. The van der Waals surface area contributed by atoms with Crippen molar-refractivity contribution < 1.29 is 14.3 Å². The molecule has 132 valence electrons. The van der Waals surface area contributed by atoms with E-state index in [0.717, 1.165) is 5.56 Å². The van der Waals surface area contributed by atoms with Gasteiger partial charge < -0.3 is 5.11 Å². The van der Waals surface area contributed by atoms with Crippen LogP contribution in [-0.4, -0.2) is 15.9 Å². The first-order chi connectivity index (χ1) is 11.7. The van der Waals surface area contributed by atoms with E-state index in [1.54, 1.807) is 31.2 Å². The highest BCUT2D eigenvalue weighted by Gasteiger charge is 2.49. The maximum absolute atomic E-state index is 15.6. The summed E-state index contributed by atoms with van der Waals surface area (Å²) in [6.45, 7) is 1.59. The molecule has 0 bridgehead atoms. The molecular formula is C19H18Cl2FNO2. The summed E-state index contributed by atoms with van der Waals surface area (Å²) in [4.78, 5) is 16.8. The second kappa shape index (κ2) is 6.67. The van der Waals surface area contributed by atoms with Crippen LogP contribution in [0.2, 0.25) is 10.0 Å². The van der Waals surface area contributed by atoms with Gasteiger partial charge in [-0.05, 0) is 49.9 Å². The molecule has 2 atom stereocenters. The zero-order valence-corrected chi connectivity index (χ0v) is 15.2. The van der Waals surface area contributed by atoms with Gasteiger partial charge in [-0.2, -0.15) is 0 Å². The Labute approximate surface area is 155 Å². The van der Waals surface area contributed by atoms with Gasteiger partial charge in [0.1, 0.15) is 5.60 Å². The summed E-state index contributed by atoms with van der Waals surface area (Å²) in [5, 5.41) is 11.4. The maximum Gasteiger partial charge on any atom is 0.195 e. The van der Waals surface area contributed by atoms with Crippen LogP contribution in [0.5, 0.6) is 0 Å². The number of aryl methyl sites for hydroxylation is 1.